The van der Waals surface area contributed by atoms with Crippen molar-refractivity contribution in [1.82, 2.24) is 4.57 Å². The lowest BCUT2D eigenvalue weighted by atomic mass is 10.2. The van der Waals surface area contributed by atoms with E-state index in [9.17, 15) is 0 Å². The van der Waals surface area contributed by atoms with E-state index in [1.165, 1.54) is 16.5 Å². The lowest BCUT2D eigenvalue weighted by Crippen LogP contribution is -1.97. The number of halogens is 1. The molecule has 0 spiro atoms. The molecule has 96 valence electrons. The van der Waals surface area contributed by atoms with Crippen molar-refractivity contribution in [2.75, 3.05) is 7.11 Å². The summed E-state index contributed by atoms with van der Waals surface area (Å²) in [5.41, 5.74) is 2.51. The number of nitrogens with zero attached hydrogens (tertiary/aromatic N) is 1. The van der Waals surface area contributed by atoms with Gasteiger partial charge in [-0.15, -0.1) is 0 Å². The second kappa shape index (κ2) is 5.10. The average molecular weight is 316 g/mol. The van der Waals surface area contributed by atoms with Crippen LogP contribution in [0.5, 0.6) is 5.75 Å². The average Bonchev–Trinajstić information content (AvgIpc) is 2.82. The Morgan fingerprint density at radius 3 is 2.58 bits per heavy atom. The Labute approximate surface area is 120 Å². The molecule has 0 unspecified atom stereocenters. The summed E-state index contributed by atoms with van der Waals surface area (Å²) in [6, 6.07) is 16.7. The lowest BCUT2D eigenvalue weighted by molar-refractivity contribution is 0.414. The third-order valence-electron chi connectivity index (χ3n) is 3.25. The van der Waals surface area contributed by atoms with Crippen LogP contribution in [0.1, 0.15) is 5.56 Å². The van der Waals surface area contributed by atoms with Gasteiger partial charge in [-0.2, -0.15) is 0 Å². The summed E-state index contributed by atoms with van der Waals surface area (Å²) >= 11 is 3.50. The first-order valence-corrected chi connectivity index (χ1v) is 6.93. The molecule has 0 saturated heterocycles. The molecule has 0 aliphatic carbocycles. The molecule has 0 radical (unpaired) electrons. The van der Waals surface area contributed by atoms with Gasteiger partial charge in [0.05, 0.1) is 7.11 Å². The predicted octanol–water partition coefficient (Wildman–Crippen LogP) is 4.46. The maximum Gasteiger partial charge on any atom is 0.118 e. The predicted molar refractivity (Wildman–Crippen MR) is 81.7 cm³/mol. The molecular formula is C16H14BrNO. The molecule has 0 atom stereocenters. The molecule has 3 heteroatoms. The number of hydrogen-bond donors (Lipinski definition) is 0. The topological polar surface area (TPSA) is 14.2 Å². The first kappa shape index (κ1) is 12.3. The minimum absolute atomic E-state index is 0.870. The van der Waals surface area contributed by atoms with Crippen molar-refractivity contribution in [3.8, 4) is 5.75 Å². The Hall–Kier alpha value is -1.74. The third kappa shape index (κ3) is 2.51. The van der Waals surface area contributed by atoms with Gasteiger partial charge >= 0.3 is 0 Å². The standard InChI is InChI=1S/C16H14BrNO/c1-19-15-5-2-12(3-6-15)11-18-9-8-13-10-14(17)4-7-16(13)18/h2-10H,11H2,1H3. The van der Waals surface area contributed by atoms with E-state index in [0.717, 1.165) is 16.8 Å². The molecule has 1 heterocycles. The second-order valence-corrected chi connectivity index (χ2v) is 5.41. The molecule has 0 aliphatic heterocycles. The van der Waals surface area contributed by atoms with Crippen molar-refractivity contribution < 1.29 is 4.74 Å². The first-order chi connectivity index (χ1) is 9.26. The third-order valence-corrected chi connectivity index (χ3v) is 3.74. The van der Waals surface area contributed by atoms with Crippen LogP contribution in [0.25, 0.3) is 10.9 Å². The second-order valence-electron chi connectivity index (χ2n) is 4.49. The van der Waals surface area contributed by atoms with Crippen molar-refractivity contribution in [3.63, 3.8) is 0 Å². The van der Waals surface area contributed by atoms with Gasteiger partial charge in [-0.1, -0.05) is 28.1 Å². The summed E-state index contributed by atoms with van der Waals surface area (Å²) < 4.78 is 8.54. The molecule has 0 N–H and O–H groups in total. The number of ether oxygens (including phenoxy) is 1. The number of benzene rings is 2. The first-order valence-electron chi connectivity index (χ1n) is 6.13. The van der Waals surface area contributed by atoms with Crippen molar-refractivity contribution in [1.29, 1.82) is 0 Å². The zero-order chi connectivity index (χ0) is 13.2. The minimum Gasteiger partial charge on any atom is -0.497 e. The summed E-state index contributed by atoms with van der Waals surface area (Å²) in [5.74, 6) is 0.894. The van der Waals surface area contributed by atoms with Crippen LogP contribution in [0.15, 0.2) is 59.2 Å². The van der Waals surface area contributed by atoms with Gasteiger partial charge in [0, 0.05) is 28.1 Å². The van der Waals surface area contributed by atoms with Crippen molar-refractivity contribution in [2.45, 2.75) is 6.54 Å². The molecule has 0 amide bonds. The smallest absolute Gasteiger partial charge is 0.118 e. The van der Waals surface area contributed by atoms with Crippen LogP contribution in [-0.4, -0.2) is 11.7 Å². The molecule has 1 aromatic heterocycles. The quantitative estimate of drug-likeness (QED) is 0.696. The fourth-order valence-electron chi connectivity index (χ4n) is 2.24. The lowest BCUT2D eigenvalue weighted by Gasteiger charge is -2.07. The van der Waals surface area contributed by atoms with E-state index in [4.69, 9.17) is 4.74 Å². The highest BCUT2D eigenvalue weighted by atomic mass is 79.9. The number of rotatable bonds is 3. The zero-order valence-electron chi connectivity index (χ0n) is 10.6. The number of hydrogen-bond acceptors (Lipinski definition) is 1. The number of aromatic nitrogens is 1. The minimum atomic E-state index is 0.870. The molecule has 0 fully saturated rings. The van der Waals surface area contributed by atoms with Gasteiger partial charge in [0.1, 0.15) is 5.75 Å². The molecule has 2 aromatic carbocycles. The molecule has 3 rings (SSSR count). The Bertz CT molecular complexity index is 700. The van der Waals surface area contributed by atoms with Crippen LogP contribution >= 0.6 is 15.9 Å². The normalized spacial score (nSPS) is 10.8. The van der Waals surface area contributed by atoms with E-state index in [2.05, 4.69) is 63.1 Å². The Kier molecular flexibility index (Phi) is 3.30. The van der Waals surface area contributed by atoms with E-state index < -0.39 is 0 Å². The maximum absolute atomic E-state index is 5.18. The van der Waals surface area contributed by atoms with E-state index in [-0.39, 0.29) is 0 Å². The van der Waals surface area contributed by atoms with E-state index in [1.807, 2.05) is 12.1 Å². The monoisotopic (exact) mass is 315 g/mol. The summed E-state index contributed by atoms with van der Waals surface area (Å²) in [4.78, 5) is 0. The van der Waals surface area contributed by atoms with Crippen molar-refractivity contribution in [3.05, 3.63) is 64.8 Å². The maximum atomic E-state index is 5.18. The van der Waals surface area contributed by atoms with Gasteiger partial charge in [0.2, 0.25) is 0 Å². The van der Waals surface area contributed by atoms with Crippen molar-refractivity contribution in [2.24, 2.45) is 0 Å². The molecule has 0 bridgehead atoms. The van der Waals surface area contributed by atoms with Crippen LogP contribution in [0.3, 0.4) is 0 Å². The Morgan fingerprint density at radius 2 is 1.84 bits per heavy atom. The fourth-order valence-corrected chi connectivity index (χ4v) is 2.62. The number of methoxy groups -OCH3 is 1. The van der Waals surface area contributed by atoms with Gasteiger partial charge in [-0.25, -0.2) is 0 Å². The molecule has 0 aliphatic rings. The highest BCUT2D eigenvalue weighted by Crippen LogP contribution is 2.22. The van der Waals surface area contributed by atoms with Crippen LogP contribution in [0.4, 0.5) is 0 Å². The summed E-state index contributed by atoms with van der Waals surface area (Å²) in [6.45, 7) is 0.870. The van der Waals surface area contributed by atoms with Gasteiger partial charge < -0.3 is 9.30 Å². The molecule has 0 saturated carbocycles. The van der Waals surface area contributed by atoms with Gasteiger partial charge in [-0.3, -0.25) is 0 Å². The fraction of sp³-hybridized carbons (Fsp3) is 0.125. The SMILES string of the molecule is COc1ccc(Cn2ccc3cc(Br)ccc32)cc1. The summed E-state index contributed by atoms with van der Waals surface area (Å²) in [6.07, 6.45) is 2.13. The Morgan fingerprint density at radius 1 is 1.05 bits per heavy atom. The van der Waals surface area contributed by atoms with Gasteiger partial charge in [-0.05, 0) is 42.0 Å². The van der Waals surface area contributed by atoms with Crippen LogP contribution in [0, 0.1) is 0 Å². The van der Waals surface area contributed by atoms with Crippen LogP contribution < -0.4 is 4.74 Å². The largest absolute Gasteiger partial charge is 0.497 e. The Balaban J connectivity index is 1.92. The number of fused-ring (bicyclic) bond motifs is 1. The molecule has 3 aromatic rings. The van der Waals surface area contributed by atoms with E-state index in [1.54, 1.807) is 7.11 Å². The molecule has 19 heavy (non-hydrogen) atoms. The summed E-state index contributed by atoms with van der Waals surface area (Å²) in [5, 5.41) is 1.25. The summed E-state index contributed by atoms with van der Waals surface area (Å²) in [7, 11) is 1.69. The van der Waals surface area contributed by atoms with E-state index >= 15 is 0 Å². The van der Waals surface area contributed by atoms with E-state index in [0.29, 0.717) is 0 Å². The van der Waals surface area contributed by atoms with Crippen LogP contribution in [0.2, 0.25) is 0 Å². The zero-order valence-corrected chi connectivity index (χ0v) is 12.2. The van der Waals surface area contributed by atoms with Crippen molar-refractivity contribution >= 4 is 26.8 Å². The molecule has 2 nitrogen and oxygen atoms in total. The highest BCUT2D eigenvalue weighted by Gasteiger charge is 2.02. The highest BCUT2D eigenvalue weighted by molar-refractivity contribution is 9.10. The van der Waals surface area contributed by atoms with Crippen LogP contribution in [-0.2, 0) is 6.54 Å². The van der Waals surface area contributed by atoms with Gasteiger partial charge in [0.25, 0.3) is 0 Å². The molecular weight excluding hydrogens is 302 g/mol. The van der Waals surface area contributed by atoms with Gasteiger partial charge in [0.15, 0.2) is 0 Å².